The first kappa shape index (κ1) is 18.7. The average molecular weight is 390 g/mol. The summed E-state index contributed by atoms with van der Waals surface area (Å²) in [5.74, 6) is 0.437. The van der Waals surface area contributed by atoms with Gasteiger partial charge in [-0.2, -0.15) is 5.10 Å². The molecular formula is C14H20BrN3O3S. The zero-order valence-electron chi connectivity index (χ0n) is 12.6. The van der Waals surface area contributed by atoms with Crippen LogP contribution < -0.4 is 15.5 Å². The molecule has 1 aromatic carbocycles. The number of ether oxygens (including phenoxy) is 2. The van der Waals surface area contributed by atoms with Crippen LogP contribution in [0.15, 0.2) is 21.7 Å². The quantitative estimate of drug-likeness (QED) is 0.274. The number of phenols is 1. The van der Waals surface area contributed by atoms with E-state index in [4.69, 9.17) is 21.7 Å². The number of nitrogens with zero attached hydrogens (tertiary/aromatic N) is 1. The summed E-state index contributed by atoms with van der Waals surface area (Å²) in [4.78, 5) is 0. The molecule has 0 aliphatic rings. The monoisotopic (exact) mass is 389 g/mol. The van der Waals surface area contributed by atoms with Crippen molar-refractivity contribution in [2.75, 3.05) is 26.9 Å². The van der Waals surface area contributed by atoms with Gasteiger partial charge in [0, 0.05) is 29.8 Å². The van der Waals surface area contributed by atoms with Gasteiger partial charge in [-0.1, -0.05) is 0 Å². The highest BCUT2D eigenvalue weighted by Gasteiger charge is 2.06. The van der Waals surface area contributed by atoms with Gasteiger partial charge < -0.3 is 19.9 Å². The lowest BCUT2D eigenvalue weighted by Gasteiger charge is -2.08. The van der Waals surface area contributed by atoms with Gasteiger partial charge >= 0.3 is 0 Å². The number of hydrogen-bond donors (Lipinski definition) is 3. The first-order valence-electron chi connectivity index (χ1n) is 6.79. The van der Waals surface area contributed by atoms with Gasteiger partial charge in [0.25, 0.3) is 0 Å². The van der Waals surface area contributed by atoms with E-state index in [0.29, 0.717) is 29.6 Å². The second-order valence-corrected chi connectivity index (χ2v) is 5.48. The fraction of sp³-hybridized carbons (Fsp3) is 0.429. The summed E-state index contributed by atoms with van der Waals surface area (Å²) < 4.78 is 11.0. The Morgan fingerprint density at radius 3 is 2.95 bits per heavy atom. The molecule has 0 aliphatic carbocycles. The van der Waals surface area contributed by atoms with E-state index < -0.39 is 0 Å². The first-order valence-corrected chi connectivity index (χ1v) is 7.99. The summed E-state index contributed by atoms with van der Waals surface area (Å²) in [7, 11) is 1.49. The number of halogens is 1. The maximum Gasteiger partial charge on any atom is 0.186 e. The van der Waals surface area contributed by atoms with E-state index in [1.165, 1.54) is 7.11 Å². The van der Waals surface area contributed by atoms with Gasteiger partial charge in [-0.25, -0.2) is 0 Å². The van der Waals surface area contributed by atoms with Crippen LogP contribution in [-0.4, -0.2) is 43.3 Å². The summed E-state index contributed by atoms with van der Waals surface area (Å²) in [6.07, 6.45) is 2.43. The van der Waals surface area contributed by atoms with Crippen LogP contribution in [0.4, 0.5) is 0 Å². The molecule has 0 unspecified atom stereocenters. The number of phenolic OH excluding ortho intramolecular Hbond substituents is 1. The minimum Gasteiger partial charge on any atom is -0.504 e. The summed E-state index contributed by atoms with van der Waals surface area (Å²) in [6.45, 7) is 4.10. The van der Waals surface area contributed by atoms with E-state index in [1.54, 1.807) is 18.3 Å². The smallest absolute Gasteiger partial charge is 0.186 e. The topological polar surface area (TPSA) is 75.1 Å². The maximum atomic E-state index is 9.73. The third-order valence-corrected chi connectivity index (χ3v) is 3.55. The molecule has 6 nitrogen and oxygen atoms in total. The third-order valence-electron chi connectivity index (χ3n) is 2.62. The molecular weight excluding hydrogens is 370 g/mol. The van der Waals surface area contributed by atoms with Crippen molar-refractivity contribution in [3.05, 3.63) is 22.2 Å². The van der Waals surface area contributed by atoms with Crippen LogP contribution in [0.5, 0.6) is 11.5 Å². The summed E-state index contributed by atoms with van der Waals surface area (Å²) in [6, 6.07) is 3.22. The highest BCUT2D eigenvalue weighted by Crippen LogP contribution is 2.31. The Morgan fingerprint density at radius 2 is 2.27 bits per heavy atom. The van der Waals surface area contributed by atoms with Crippen molar-refractivity contribution in [2.24, 2.45) is 5.10 Å². The lowest BCUT2D eigenvalue weighted by Crippen LogP contribution is -2.33. The highest BCUT2D eigenvalue weighted by molar-refractivity contribution is 9.10. The summed E-state index contributed by atoms with van der Waals surface area (Å²) in [5, 5.41) is 17.2. The predicted octanol–water partition coefficient (Wildman–Crippen LogP) is 2.39. The molecule has 0 amide bonds. The zero-order valence-corrected chi connectivity index (χ0v) is 15.0. The van der Waals surface area contributed by atoms with Crippen molar-refractivity contribution in [3.8, 4) is 11.5 Å². The minimum absolute atomic E-state index is 0.0452. The molecule has 0 spiro atoms. The Hall–Kier alpha value is -1.38. The SMILES string of the molecule is CCOCCCNC(=S)N/N=C\c1cc(O)c(OC)cc1Br. The highest BCUT2D eigenvalue weighted by atomic mass is 79.9. The van der Waals surface area contributed by atoms with Crippen molar-refractivity contribution in [1.82, 2.24) is 10.7 Å². The molecule has 0 aromatic heterocycles. The van der Waals surface area contributed by atoms with E-state index in [2.05, 4.69) is 31.8 Å². The summed E-state index contributed by atoms with van der Waals surface area (Å²) >= 11 is 8.47. The van der Waals surface area contributed by atoms with Crippen LogP contribution in [-0.2, 0) is 4.74 Å². The molecule has 0 saturated carbocycles. The largest absolute Gasteiger partial charge is 0.504 e. The van der Waals surface area contributed by atoms with E-state index in [1.807, 2.05) is 6.92 Å². The number of hydrazone groups is 1. The fourth-order valence-electron chi connectivity index (χ4n) is 1.54. The number of benzene rings is 1. The number of aromatic hydroxyl groups is 1. The standard InChI is InChI=1S/C14H20BrN3O3S/c1-3-21-6-4-5-16-14(22)18-17-9-10-7-12(19)13(20-2)8-11(10)15/h7-9,19H,3-6H2,1-2H3,(H2,16,18,22)/b17-9-. The van der Waals surface area contributed by atoms with Crippen molar-refractivity contribution in [1.29, 1.82) is 0 Å². The molecule has 0 aliphatic heterocycles. The second-order valence-electron chi connectivity index (χ2n) is 4.22. The van der Waals surface area contributed by atoms with Gasteiger partial charge in [0.2, 0.25) is 0 Å². The number of thiocarbonyl (C=S) groups is 1. The Morgan fingerprint density at radius 1 is 1.50 bits per heavy atom. The molecule has 1 rings (SSSR count). The van der Waals surface area contributed by atoms with Crippen molar-refractivity contribution < 1.29 is 14.6 Å². The molecule has 1 aromatic rings. The average Bonchev–Trinajstić information content (AvgIpc) is 2.50. The van der Waals surface area contributed by atoms with Crippen molar-refractivity contribution in [2.45, 2.75) is 13.3 Å². The van der Waals surface area contributed by atoms with E-state index in [9.17, 15) is 5.11 Å². The van der Waals surface area contributed by atoms with Crippen LogP contribution in [0.3, 0.4) is 0 Å². The molecule has 3 N–H and O–H groups in total. The van der Waals surface area contributed by atoms with Gasteiger partial charge in [-0.3, -0.25) is 5.43 Å². The number of rotatable bonds is 8. The second kappa shape index (κ2) is 10.4. The zero-order chi connectivity index (χ0) is 16.4. The van der Waals surface area contributed by atoms with Gasteiger partial charge in [0.05, 0.1) is 13.3 Å². The lowest BCUT2D eigenvalue weighted by atomic mass is 10.2. The molecule has 0 bridgehead atoms. The molecule has 0 fully saturated rings. The van der Waals surface area contributed by atoms with Gasteiger partial charge in [-0.05, 0) is 53.6 Å². The van der Waals surface area contributed by atoms with E-state index in [0.717, 1.165) is 17.5 Å². The predicted molar refractivity (Wildman–Crippen MR) is 94.8 cm³/mol. The van der Waals surface area contributed by atoms with Crippen LogP contribution in [0, 0.1) is 0 Å². The van der Waals surface area contributed by atoms with Crippen LogP contribution in [0.25, 0.3) is 0 Å². The maximum absolute atomic E-state index is 9.73. The van der Waals surface area contributed by atoms with Crippen molar-refractivity contribution in [3.63, 3.8) is 0 Å². The molecule has 0 heterocycles. The van der Waals surface area contributed by atoms with Gasteiger partial charge in [-0.15, -0.1) is 0 Å². The molecule has 0 atom stereocenters. The molecule has 0 saturated heterocycles. The molecule has 8 heteroatoms. The number of nitrogens with one attached hydrogen (secondary N) is 2. The normalized spacial score (nSPS) is 10.7. The third kappa shape index (κ3) is 6.59. The first-order chi connectivity index (χ1) is 10.6. The van der Waals surface area contributed by atoms with Crippen LogP contribution in [0.1, 0.15) is 18.9 Å². The van der Waals surface area contributed by atoms with Crippen molar-refractivity contribution >= 4 is 39.5 Å². The van der Waals surface area contributed by atoms with Crippen LogP contribution in [0.2, 0.25) is 0 Å². The Bertz CT molecular complexity index is 526. The molecule has 0 radical (unpaired) electrons. The Labute approximate surface area is 144 Å². The Kier molecular flexibility index (Phi) is 8.79. The summed E-state index contributed by atoms with van der Waals surface area (Å²) in [5.41, 5.74) is 3.41. The Balaban J connectivity index is 2.42. The molecule has 122 valence electrons. The lowest BCUT2D eigenvalue weighted by molar-refractivity contribution is 0.145. The number of methoxy groups -OCH3 is 1. The number of hydrogen-bond acceptors (Lipinski definition) is 5. The van der Waals surface area contributed by atoms with E-state index >= 15 is 0 Å². The van der Waals surface area contributed by atoms with Gasteiger partial charge in [0.1, 0.15) is 0 Å². The minimum atomic E-state index is 0.0452. The fourth-order valence-corrected chi connectivity index (χ4v) is 2.12. The van der Waals surface area contributed by atoms with Gasteiger partial charge in [0.15, 0.2) is 16.6 Å². The molecule has 22 heavy (non-hydrogen) atoms. The van der Waals surface area contributed by atoms with Crippen LogP contribution >= 0.6 is 28.1 Å². The van der Waals surface area contributed by atoms with E-state index in [-0.39, 0.29) is 5.75 Å².